The SMILES string of the molecule is CCCCCCCCCO/C=N/[C@H](Cc1c[nH]c2ccccc12)C(=O)N[C@H](CC(=O)NC(c1ccccc1)(c1ccccc1)c1ccccc1)C(=O)Oc1c(F)c(F)c(F)c(F)c1F. The predicted molar refractivity (Wildman–Crippen MR) is 234 cm³/mol. The molecule has 6 rings (SSSR count). The van der Waals surface area contributed by atoms with Gasteiger partial charge in [0, 0.05) is 23.5 Å². The highest BCUT2D eigenvalue weighted by Gasteiger charge is 2.40. The molecule has 0 aliphatic rings. The van der Waals surface area contributed by atoms with Crippen LogP contribution in [-0.2, 0) is 31.1 Å². The second-order valence-electron chi connectivity index (χ2n) is 15.3. The Morgan fingerprint density at radius 3 is 1.78 bits per heavy atom. The lowest BCUT2D eigenvalue weighted by molar-refractivity contribution is -0.142. The minimum absolute atomic E-state index is 0.0438. The summed E-state index contributed by atoms with van der Waals surface area (Å²) in [5.41, 5.74) is 1.85. The fourth-order valence-corrected chi connectivity index (χ4v) is 7.57. The van der Waals surface area contributed by atoms with Gasteiger partial charge in [-0.3, -0.25) is 9.59 Å². The van der Waals surface area contributed by atoms with E-state index in [0.29, 0.717) is 28.9 Å². The van der Waals surface area contributed by atoms with E-state index in [1.807, 2.05) is 24.3 Å². The minimum atomic E-state index is -2.47. The Morgan fingerprint density at radius 1 is 0.688 bits per heavy atom. The van der Waals surface area contributed by atoms with Gasteiger partial charge in [-0.25, -0.2) is 23.0 Å². The zero-order valence-corrected chi connectivity index (χ0v) is 35.2. The number of para-hydroxylation sites is 1. The Kier molecular flexibility index (Phi) is 16.4. The van der Waals surface area contributed by atoms with Gasteiger partial charge >= 0.3 is 5.97 Å². The summed E-state index contributed by atoms with van der Waals surface area (Å²) in [6.45, 7) is 2.47. The van der Waals surface area contributed by atoms with Gasteiger partial charge in [0.25, 0.3) is 0 Å². The molecule has 64 heavy (non-hydrogen) atoms. The molecule has 9 nitrogen and oxygen atoms in total. The number of rotatable bonds is 22. The molecule has 0 unspecified atom stereocenters. The molecule has 0 saturated carbocycles. The topological polar surface area (TPSA) is 122 Å². The zero-order chi connectivity index (χ0) is 45.5. The van der Waals surface area contributed by atoms with E-state index in [-0.39, 0.29) is 6.42 Å². The number of esters is 1. The molecule has 1 aromatic heterocycles. The van der Waals surface area contributed by atoms with Gasteiger partial charge in [-0.05, 0) is 34.7 Å². The summed E-state index contributed by atoms with van der Waals surface area (Å²) in [5.74, 6) is -17.4. The number of H-pyrrole nitrogens is 1. The van der Waals surface area contributed by atoms with E-state index in [9.17, 15) is 36.3 Å². The van der Waals surface area contributed by atoms with Gasteiger partial charge in [-0.1, -0.05) is 155 Å². The summed E-state index contributed by atoms with van der Waals surface area (Å²) in [4.78, 5) is 50.4. The molecule has 0 aliphatic heterocycles. The van der Waals surface area contributed by atoms with E-state index in [4.69, 9.17) is 9.47 Å². The van der Waals surface area contributed by atoms with Crippen LogP contribution in [0.2, 0.25) is 0 Å². The lowest BCUT2D eigenvalue weighted by Gasteiger charge is -2.37. The number of hydrogen-bond donors (Lipinski definition) is 3. The van der Waals surface area contributed by atoms with Crippen LogP contribution in [0.4, 0.5) is 22.0 Å². The van der Waals surface area contributed by atoms with Crippen molar-refractivity contribution in [2.24, 2.45) is 4.99 Å². The number of nitrogens with zero attached hydrogens (tertiary/aromatic N) is 1. The van der Waals surface area contributed by atoms with Gasteiger partial charge in [0.2, 0.25) is 46.6 Å². The van der Waals surface area contributed by atoms with Crippen molar-refractivity contribution in [2.75, 3.05) is 6.61 Å². The van der Waals surface area contributed by atoms with E-state index in [1.54, 1.807) is 97.2 Å². The monoisotopic (exact) mass is 880 g/mol. The van der Waals surface area contributed by atoms with Gasteiger partial charge in [-0.15, -0.1) is 0 Å². The third kappa shape index (κ3) is 11.2. The summed E-state index contributed by atoms with van der Waals surface area (Å²) in [7, 11) is 0. The van der Waals surface area contributed by atoms with Crippen molar-refractivity contribution in [3.63, 3.8) is 0 Å². The summed E-state index contributed by atoms with van der Waals surface area (Å²) >= 11 is 0. The molecule has 0 bridgehead atoms. The quantitative estimate of drug-likeness (QED) is 0.00722. The van der Waals surface area contributed by atoms with Crippen LogP contribution in [-0.4, -0.2) is 47.9 Å². The van der Waals surface area contributed by atoms with E-state index >= 15 is 0 Å². The number of halogens is 5. The predicted octanol–water partition coefficient (Wildman–Crippen LogP) is 10.2. The van der Waals surface area contributed by atoms with Crippen LogP contribution in [0.5, 0.6) is 5.75 Å². The molecule has 0 fully saturated rings. The largest absolute Gasteiger partial charge is 0.483 e. The molecular formula is C50H49F5N4O5. The third-order valence-electron chi connectivity index (χ3n) is 10.9. The lowest BCUT2D eigenvalue weighted by atomic mass is 9.77. The van der Waals surface area contributed by atoms with E-state index in [2.05, 4.69) is 27.5 Å². The Hall–Kier alpha value is -6.83. The number of carbonyl (C=O) groups is 3. The molecular weight excluding hydrogens is 832 g/mol. The average molecular weight is 881 g/mol. The maximum absolute atomic E-state index is 14.9. The van der Waals surface area contributed by atoms with Gasteiger partial charge in [-0.2, -0.15) is 8.78 Å². The maximum atomic E-state index is 14.9. The van der Waals surface area contributed by atoms with Crippen LogP contribution >= 0.6 is 0 Å². The first kappa shape index (κ1) is 46.7. The number of unbranched alkanes of at least 4 members (excludes halogenated alkanes) is 6. The number of aromatic nitrogens is 1. The second kappa shape index (κ2) is 22.5. The van der Waals surface area contributed by atoms with Crippen LogP contribution in [0.3, 0.4) is 0 Å². The lowest BCUT2D eigenvalue weighted by Crippen LogP contribution is -2.53. The van der Waals surface area contributed by atoms with Crippen molar-refractivity contribution in [1.82, 2.24) is 15.6 Å². The molecule has 334 valence electrons. The molecule has 3 N–H and O–H groups in total. The Bertz CT molecular complexity index is 2390. The summed E-state index contributed by atoms with van der Waals surface area (Å²) < 4.78 is 83.0. The van der Waals surface area contributed by atoms with Crippen molar-refractivity contribution >= 4 is 35.1 Å². The molecule has 0 spiro atoms. The van der Waals surface area contributed by atoms with E-state index < -0.39 is 76.7 Å². The van der Waals surface area contributed by atoms with Crippen molar-refractivity contribution < 1.29 is 45.8 Å². The summed E-state index contributed by atoms with van der Waals surface area (Å²) in [6.07, 6.45) is 9.19. The molecule has 2 atom stereocenters. The van der Waals surface area contributed by atoms with Crippen molar-refractivity contribution in [2.45, 2.75) is 82.3 Å². The molecule has 2 amide bonds. The summed E-state index contributed by atoms with van der Waals surface area (Å²) in [6, 6.07) is 30.8. The van der Waals surface area contributed by atoms with Gasteiger partial charge in [0.15, 0.2) is 6.40 Å². The first-order chi connectivity index (χ1) is 31.0. The Labute approximate surface area is 368 Å². The van der Waals surface area contributed by atoms with E-state index in [0.717, 1.165) is 55.8 Å². The Morgan fingerprint density at radius 2 is 1.20 bits per heavy atom. The number of hydrogen-bond acceptors (Lipinski definition) is 6. The van der Waals surface area contributed by atoms with Crippen molar-refractivity contribution in [3.8, 4) is 5.75 Å². The third-order valence-corrected chi connectivity index (χ3v) is 10.9. The first-order valence-electron chi connectivity index (χ1n) is 21.2. The zero-order valence-electron chi connectivity index (χ0n) is 35.2. The number of carbonyl (C=O) groups excluding carboxylic acids is 3. The molecule has 0 saturated heterocycles. The highest BCUT2D eigenvalue weighted by Crippen LogP contribution is 2.37. The van der Waals surface area contributed by atoms with Crippen molar-refractivity contribution in [3.05, 3.63) is 173 Å². The number of aromatic amines is 1. The second-order valence-corrected chi connectivity index (χ2v) is 15.3. The number of ether oxygens (including phenoxy) is 2. The molecule has 0 radical (unpaired) electrons. The van der Waals surface area contributed by atoms with Crippen LogP contribution in [0.25, 0.3) is 10.9 Å². The fourth-order valence-electron chi connectivity index (χ4n) is 7.57. The normalized spacial score (nSPS) is 12.5. The van der Waals surface area contributed by atoms with Gasteiger partial charge < -0.3 is 25.1 Å². The minimum Gasteiger partial charge on any atom is -0.483 e. The van der Waals surface area contributed by atoms with Crippen molar-refractivity contribution in [1.29, 1.82) is 0 Å². The van der Waals surface area contributed by atoms with E-state index in [1.165, 1.54) is 6.42 Å². The van der Waals surface area contributed by atoms with Crippen LogP contribution in [0, 0.1) is 29.1 Å². The smallest absolute Gasteiger partial charge is 0.334 e. The standard InChI is InChI=1S/C50H49F5N4O5/c1-2-3-4-5-6-7-19-28-63-32-57-39(29-33-31-56-38-27-18-17-26-37(33)38)48(61)58-40(49(62)64-47-45(54)43(52)42(51)44(53)46(47)55)30-41(60)59-50(34-20-11-8-12-21-34,35-22-13-9-14-23-35)36-24-15-10-16-25-36/h8-18,20-27,31-32,39-40,56H,2-7,19,28-30H2,1H3,(H,58,61)(H,59,60)/b57-32+/t39-,40-/m1/s1. The number of aliphatic imine (C=N–C) groups is 1. The number of amides is 2. The summed E-state index contributed by atoms with van der Waals surface area (Å²) in [5, 5.41) is 6.26. The Balaban J connectivity index is 1.33. The number of benzene rings is 5. The molecule has 14 heteroatoms. The molecule has 5 aromatic carbocycles. The molecule has 1 heterocycles. The molecule has 6 aromatic rings. The molecule has 0 aliphatic carbocycles. The fraction of sp³-hybridized carbons (Fsp3) is 0.280. The van der Waals surface area contributed by atoms with Gasteiger partial charge in [0.1, 0.15) is 17.6 Å². The number of fused-ring (bicyclic) bond motifs is 1. The highest BCUT2D eigenvalue weighted by atomic mass is 19.2. The van der Waals surface area contributed by atoms with Gasteiger partial charge in [0.05, 0.1) is 13.0 Å². The van der Waals surface area contributed by atoms with Crippen LogP contribution < -0.4 is 15.4 Å². The highest BCUT2D eigenvalue weighted by molar-refractivity contribution is 5.93. The average Bonchev–Trinajstić information content (AvgIpc) is 3.74. The first-order valence-corrected chi connectivity index (χ1v) is 21.2. The number of nitrogens with one attached hydrogen (secondary N) is 3. The van der Waals surface area contributed by atoms with Crippen LogP contribution in [0.1, 0.15) is 80.5 Å². The van der Waals surface area contributed by atoms with Crippen LogP contribution in [0.15, 0.2) is 126 Å². The maximum Gasteiger partial charge on any atom is 0.334 e.